The summed E-state index contributed by atoms with van der Waals surface area (Å²) in [6.45, 7) is 4.94. The Morgan fingerprint density at radius 1 is 1.52 bits per heavy atom. The van der Waals surface area contributed by atoms with E-state index in [0.29, 0.717) is 13.1 Å². The Hall–Kier alpha value is -2.22. The van der Waals surface area contributed by atoms with Crippen LogP contribution in [0.15, 0.2) is 12.3 Å². The molecule has 1 heterocycles. The maximum atomic E-state index is 12.6. The van der Waals surface area contributed by atoms with Crippen LogP contribution in [0.2, 0.25) is 0 Å². The summed E-state index contributed by atoms with van der Waals surface area (Å²) < 4.78 is 0. The van der Waals surface area contributed by atoms with Gasteiger partial charge in [-0.25, -0.2) is 4.98 Å². The van der Waals surface area contributed by atoms with Gasteiger partial charge < -0.3 is 15.5 Å². The molecule has 0 spiro atoms. The van der Waals surface area contributed by atoms with Crippen molar-refractivity contribution >= 4 is 17.4 Å². The Labute approximate surface area is 123 Å². The Kier molecular flexibility index (Phi) is 5.60. The van der Waals surface area contributed by atoms with Crippen LogP contribution < -0.4 is 5.73 Å². The number of aromatic nitrogens is 1. The number of nitrogens with zero attached hydrogens (tertiary/aromatic N) is 4. The number of nitrogens with two attached hydrogens (primary N) is 1. The van der Waals surface area contributed by atoms with Crippen LogP contribution in [0.25, 0.3) is 0 Å². The second-order valence-electron chi connectivity index (χ2n) is 5.09. The van der Waals surface area contributed by atoms with Crippen molar-refractivity contribution in [3.63, 3.8) is 0 Å². The molecule has 21 heavy (non-hydrogen) atoms. The van der Waals surface area contributed by atoms with Gasteiger partial charge in [0.2, 0.25) is 0 Å². The van der Waals surface area contributed by atoms with E-state index in [1.807, 2.05) is 32.8 Å². The molecule has 2 N–H and O–H groups in total. The molecule has 8 nitrogen and oxygen atoms in total. The van der Waals surface area contributed by atoms with Crippen molar-refractivity contribution in [3.05, 3.63) is 27.9 Å². The number of pyridine rings is 1. The van der Waals surface area contributed by atoms with E-state index in [1.54, 1.807) is 4.90 Å². The highest BCUT2D eigenvalue weighted by molar-refractivity contribution is 5.99. The molecule has 116 valence electrons. The van der Waals surface area contributed by atoms with E-state index in [0.717, 1.165) is 6.20 Å². The largest absolute Gasteiger partial charge is 0.383 e. The van der Waals surface area contributed by atoms with Gasteiger partial charge in [-0.3, -0.25) is 14.9 Å². The summed E-state index contributed by atoms with van der Waals surface area (Å²) in [6.07, 6.45) is 1.05. The molecule has 1 aromatic heterocycles. The molecule has 0 aliphatic heterocycles. The van der Waals surface area contributed by atoms with Crippen molar-refractivity contribution in [2.75, 3.05) is 32.9 Å². The molecule has 1 rings (SSSR count). The van der Waals surface area contributed by atoms with Crippen LogP contribution in [0.4, 0.5) is 11.5 Å². The zero-order valence-electron chi connectivity index (χ0n) is 12.7. The van der Waals surface area contributed by atoms with Gasteiger partial charge in [0.05, 0.1) is 10.5 Å². The lowest BCUT2D eigenvalue weighted by atomic mass is 10.1. The van der Waals surface area contributed by atoms with E-state index < -0.39 is 4.92 Å². The van der Waals surface area contributed by atoms with Crippen molar-refractivity contribution in [2.45, 2.75) is 19.9 Å². The number of carbonyl (C=O) groups excluding carboxylic acids is 1. The van der Waals surface area contributed by atoms with Crippen LogP contribution in [0.3, 0.4) is 0 Å². The highest BCUT2D eigenvalue weighted by atomic mass is 16.6. The number of nitrogen functional groups attached to an aromatic ring is 1. The van der Waals surface area contributed by atoms with Gasteiger partial charge in [-0.05, 0) is 27.9 Å². The maximum absolute atomic E-state index is 12.6. The van der Waals surface area contributed by atoms with E-state index in [2.05, 4.69) is 4.98 Å². The number of likely N-dealkylation sites (N-methyl/N-ethyl adjacent to an activating group) is 2. The fourth-order valence-electron chi connectivity index (χ4n) is 2.17. The Balaban J connectivity index is 3.10. The van der Waals surface area contributed by atoms with Gasteiger partial charge in [0.15, 0.2) is 0 Å². The van der Waals surface area contributed by atoms with Crippen molar-refractivity contribution in [2.24, 2.45) is 0 Å². The molecule has 0 saturated heterocycles. The summed E-state index contributed by atoms with van der Waals surface area (Å²) in [4.78, 5) is 30.1. The fourth-order valence-corrected chi connectivity index (χ4v) is 2.17. The van der Waals surface area contributed by atoms with E-state index in [1.165, 1.54) is 6.07 Å². The van der Waals surface area contributed by atoms with Crippen LogP contribution >= 0.6 is 0 Å². The van der Waals surface area contributed by atoms with E-state index >= 15 is 0 Å². The minimum Gasteiger partial charge on any atom is -0.383 e. The molecule has 0 aliphatic carbocycles. The summed E-state index contributed by atoms with van der Waals surface area (Å²) in [5.41, 5.74) is 5.51. The first-order valence-electron chi connectivity index (χ1n) is 6.63. The average molecular weight is 295 g/mol. The van der Waals surface area contributed by atoms with Crippen molar-refractivity contribution in [3.8, 4) is 0 Å². The molecule has 0 radical (unpaired) electrons. The third-order valence-electron chi connectivity index (χ3n) is 3.11. The molecule has 0 aromatic carbocycles. The smallest absolute Gasteiger partial charge is 0.288 e. The van der Waals surface area contributed by atoms with Crippen LogP contribution in [0.5, 0.6) is 0 Å². The molecule has 0 bridgehead atoms. The first-order chi connectivity index (χ1) is 9.77. The van der Waals surface area contributed by atoms with Gasteiger partial charge in [-0.2, -0.15) is 0 Å². The number of nitro groups is 1. The van der Waals surface area contributed by atoms with Gasteiger partial charge in [0, 0.05) is 25.2 Å². The quantitative estimate of drug-likeness (QED) is 0.619. The molecule has 1 amide bonds. The monoisotopic (exact) mass is 295 g/mol. The standard InChI is InChI=1S/C13H21N5O3/c1-5-17(9(2)8-16(3)4)13(19)11-6-10(18(20)21)7-15-12(11)14/h6-7,9H,5,8H2,1-4H3,(H2,14,15). The minimum absolute atomic E-state index is 0.00102. The van der Waals surface area contributed by atoms with E-state index in [9.17, 15) is 14.9 Å². The lowest BCUT2D eigenvalue weighted by Crippen LogP contribution is -2.44. The molecular weight excluding hydrogens is 274 g/mol. The molecule has 1 unspecified atom stereocenters. The van der Waals surface area contributed by atoms with Gasteiger partial charge >= 0.3 is 0 Å². The normalized spacial score (nSPS) is 12.2. The van der Waals surface area contributed by atoms with Crippen molar-refractivity contribution in [1.29, 1.82) is 0 Å². The molecule has 1 atom stereocenters. The van der Waals surface area contributed by atoms with Crippen LogP contribution in [-0.4, -0.2) is 58.8 Å². The third-order valence-corrected chi connectivity index (χ3v) is 3.11. The summed E-state index contributed by atoms with van der Waals surface area (Å²) in [7, 11) is 3.83. The fraction of sp³-hybridized carbons (Fsp3) is 0.538. The lowest BCUT2D eigenvalue weighted by molar-refractivity contribution is -0.385. The molecule has 1 aromatic rings. The molecular formula is C13H21N5O3. The van der Waals surface area contributed by atoms with Crippen molar-refractivity contribution in [1.82, 2.24) is 14.8 Å². The number of amides is 1. The number of hydrogen-bond acceptors (Lipinski definition) is 6. The molecule has 0 saturated carbocycles. The first kappa shape index (κ1) is 16.8. The Morgan fingerprint density at radius 3 is 2.62 bits per heavy atom. The van der Waals surface area contributed by atoms with Gasteiger partial charge in [0.25, 0.3) is 11.6 Å². The van der Waals surface area contributed by atoms with Gasteiger partial charge in [0.1, 0.15) is 12.0 Å². The highest BCUT2D eigenvalue weighted by Crippen LogP contribution is 2.19. The number of rotatable bonds is 6. The first-order valence-corrected chi connectivity index (χ1v) is 6.63. The van der Waals surface area contributed by atoms with Crippen LogP contribution in [0, 0.1) is 10.1 Å². The number of carbonyl (C=O) groups is 1. The topological polar surface area (TPSA) is 106 Å². The third kappa shape index (κ3) is 4.12. The summed E-state index contributed by atoms with van der Waals surface area (Å²) in [5, 5.41) is 10.8. The SMILES string of the molecule is CCN(C(=O)c1cc([N+](=O)[O-])cnc1N)C(C)CN(C)C. The Bertz CT molecular complexity index is 533. The van der Waals surface area contributed by atoms with Crippen LogP contribution in [0.1, 0.15) is 24.2 Å². The zero-order valence-corrected chi connectivity index (χ0v) is 12.7. The van der Waals surface area contributed by atoms with Crippen LogP contribution in [-0.2, 0) is 0 Å². The predicted octanol–water partition coefficient (Wildman–Crippen LogP) is 0.984. The molecule has 8 heteroatoms. The number of anilines is 1. The Morgan fingerprint density at radius 2 is 2.14 bits per heavy atom. The second kappa shape index (κ2) is 6.98. The number of hydrogen-bond donors (Lipinski definition) is 1. The van der Waals surface area contributed by atoms with Gasteiger partial charge in [-0.1, -0.05) is 0 Å². The summed E-state index contributed by atoms with van der Waals surface area (Å²) >= 11 is 0. The molecule has 0 aliphatic rings. The summed E-state index contributed by atoms with van der Waals surface area (Å²) in [6, 6.07) is 1.13. The average Bonchev–Trinajstić information content (AvgIpc) is 2.38. The molecule has 0 fully saturated rings. The lowest BCUT2D eigenvalue weighted by Gasteiger charge is -2.30. The van der Waals surface area contributed by atoms with E-state index in [4.69, 9.17) is 5.73 Å². The zero-order chi connectivity index (χ0) is 16.2. The summed E-state index contributed by atoms with van der Waals surface area (Å²) in [5.74, 6) is -0.346. The maximum Gasteiger partial charge on any atom is 0.288 e. The minimum atomic E-state index is -0.594. The van der Waals surface area contributed by atoms with Gasteiger partial charge in [-0.15, -0.1) is 0 Å². The predicted molar refractivity (Wildman–Crippen MR) is 80.0 cm³/mol. The van der Waals surface area contributed by atoms with E-state index in [-0.39, 0.29) is 29.0 Å². The second-order valence-corrected chi connectivity index (χ2v) is 5.09. The van der Waals surface area contributed by atoms with Crippen molar-refractivity contribution < 1.29 is 9.72 Å². The highest BCUT2D eigenvalue weighted by Gasteiger charge is 2.24.